The first-order valence-corrected chi connectivity index (χ1v) is 9.42. The Bertz CT molecular complexity index is 528. The Balaban J connectivity index is 1.45. The lowest BCUT2D eigenvalue weighted by molar-refractivity contribution is -0.122. The Labute approximate surface area is 147 Å². The molecule has 0 radical (unpaired) electrons. The molecule has 0 spiro atoms. The summed E-state index contributed by atoms with van der Waals surface area (Å²) < 4.78 is 1.06. The molecule has 2 saturated heterocycles. The summed E-state index contributed by atoms with van der Waals surface area (Å²) in [6, 6.07) is 8.84. The number of nitrogens with zero attached hydrogens (tertiary/aromatic N) is 2. The van der Waals surface area contributed by atoms with Crippen LogP contribution in [0.25, 0.3) is 0 Å². The van der Waals surface area contributed by atoms with E-state index in [1.165, 1.54) is 32.4 Å². The van der Waals surface area contributed by atoms with Gasteiger partial charge in [-0.15, -0.1) is 0 Å². The van der Waals surface area contributed by atoms with E-state index in [0.717, 1.165) is 23.1 Å². The maximum atomic E-state index is 12.3. The Morgan fingerprint density at radius 1 is 1.26 bits per heavy atom. The number of carbonyl (C=O) groups excluding carboxylic acids is 1. The molecule has 1 N–H and O–H groups in total. The Morgan fingerprint density at radius 2 is 1.96 bits per heavy atom. The average molecular weight is 380 g/mol. The minimum absolute atomic E-state index is 0.0487. The molecule has 2 fully saturated rings. The van der Waals surface area contributed by atoms with Crippen molar-refractivity contribution >= 4 is 21.8 Å². The number of carbonyl (C=O) groups is 1. The van der Waals surface area contributed by atoms with E-state index < -0.39 is 0 Å². The molecule has 0 saturated carbocycles. The van der Waals surface area contributed by atoms with E-state index in [2.05, 4.69) is 31.0 Å². The molecule has 2 unspecified atom stereocenters. The van der Waals surface area contributed by atoms with Gasteiger partial charge in [-0.1, -0.05) is 28.1 Å². The third-order valence-corrected chi connectivity index (χ3v) is 5.55. The fourth-order valence-electron chi connectivity index (χ4n) is 3.69. The van der Waals surface area contributed by atoms with Gasteiger partial charge in [0.1, 0.15) is 0 Å². The zero-order valence-electron chi connectivity index (χ0n) is 13.8. The van der Waals surface area contributed by atoms with Crippen LogP contribution >= 0.6 is 15.9 Å². The molecule has 2 aliphatic heterocycles. The summed E-state index contributed by atoms with van der Waals surface area (Å²) in [4.78, 5) is 17.2. The molecule has 2 aliphatic rings. The summed E-state index contributed by atoms with van der Waals surface area (Å²) in [7, 11) is 0. The highest BCUT2D eigenvalue weighted by Crippen LogP contribution is 2.20. The van der Waals surface area contributed by atoms with E-state index in [9.17, 15) is 4.79 Å². The standard InChI is InChI=1S/C18H26BrN3O/c1-14(15-4-6-16(19)7-5-15)20-18(23)13-21-11-8-17(12-21)22-9-2-3-10-22/h4-7,14,17H,2-3,8-13H2,1H3,(H,20,23). The largest absolute Gasteiger partial charge is 0.348 e. The van der Waals surface area contributed by atoms with Crippen molar-refractivity contribution in [2.24, 2.45) is 0 Å². The van der Waals surface area contributed by atoms with E-state index in [0.29, 0.717) is 12.6 Å². The molecular weight excluding hydrogens is 354 g/mol. The minimum atomic E-state index is 0.0487. The fourth-order valence-corrected chi connectivity index (χ4v) is 3.95. The van der Waals surface area contributed by atoms with E-state index in [-0.39, 0.29) is 11.9 Å². The third kappa shape index (κ3) is 4.55. The van der Waals surface area contributed by atoms with Crippen LogP contribution in [0.3, 0.4) is 0 Å². The van der Waals surface area contributed by atoms with E-state index in [1.807, 2.05) is 31.2 Å². The third-order valence-electron chi connectivity index (χ3n) is 5.02. The predicted molar refractivity (Wildman–Crippen MR) is 96.4 cm³/mol. The summed E-state index contributed by atoms with van der Waals surface area (Å²) in [5.74, 6) is 0.127. The Morgan fingerprint density at radius 3 is 2.65 bits per heavy atom. The average Bonchev–Trinajstić information content (AvgIpc) is 3.18. The summed E-state index contributed by atoms with van der Waals surface area (Å²) in [6.07, 6.45) is 3.87. The molecule has 1 aromatic rings. The summed E-state index contributed by atoms with van der Waals surface area (Å²) in [6.45, 7) is 7.13. The zero-order chi connectivity index (χ0) is 16.2. The first kappa shape index (κ1) is 16.9. The van der Waals surface area contributed by atoms with Crippen molar-refractivity contribution in [2.45, 2.75) is 38.3 Å². The van der Waals surface area contributed by atoms with Gasteiger partial charge in [0.25, 0.3) is 0 Å². The number of rotatable bonds is 5. The van der Waals surface area contributed by atoms with Crippen LogP contribution < -0.4 is 5.32 Å². The van der Waals surface area contributed by atoms with Crippen LogP contribution in [-0.2, 0) is 4.79 Å². The Hall–Kier alpha value is -0.910. The molecular formula is C18H26BrN3O. The van der Waals surface area contributed by atoms with Gasteiger partial charge in [-0.05, 0) is 57.0 Å². The first-order chi connectivity index (χ1) is 11.1. The maximum absolute atomic E-state index is 12.3. The fraction of sp³-hybridized carbons (Fsp3) is 0.611. The second-order valence-electron chi connectivity index (χ2n) is 6.76. The van der Waals surface area contributed by atoms with Crippen LogP contribution in [0.4, 0.5) is 0 Å². The van der Waals surface area contributed by atoms with Crippen LogP contribution in [0.2, 0.25) is 0 Å². The molecule has 5 heteroatoms. The first-order valence-electron chi connectivity index (χ1n) is 8.63. The molecule has 0 bridgehead atoms. The van der Waals surface area contributed by atoms with Crippen molar-refractivity contribution in [1.82, 2.24) is 15.1 Å². The molecule has 126 valence electrons. The molecule has 2 heterocycles. The quantitative estimate of drug-likeness (QED) is 0.854. The van der Waals surface area contributed by atoms with Crippen molar-refractivity contribution < 1.29 is 4.79 Å². The van der Waals surface area contributed by atoms with E-state index in [4.69, 9.17) is 0 Å². The number of likely N-dealkylation sites (tertiary alicyclic amines) is 2. The summed E-state index contributed by atoms with van der Waals surface area (Å²) in [5.41, 5.74) is 1.14. The van der Waals surface area contributed by atoms with Crippen molar-refractivity contribution in [3.63, 3.8) is 0 Å². The molecule has 2 atom stereocenters. The van der Waals surface area contributed by atoms with Crippen molar-refractivity contribution in [2.75, 3.05) is 32.7 Å². The van der Waals surface area contributed by atoms with Gasteiger partial charge in [-0.2, -0.15) is 0 Å². The van der Waals surface area contributed by atoms with Crippen LogP contribution in [0.15, 0.2) is 28.7 Å². The SMILES string of the molecule is CC(NC(=O)CN1CCC(N2CCCC2)C1)c1ccc(Br)cc1. The lowest BCUT2D eigenvalue weighted by Gasteiger charge is -2.24. The number of hydrogen-bond acceptors (Lipinski definition) is 3. The molecule has 23 heavy (non-hydrogen) atoms. The topological polar surface area (TPSA) is 35.6 Å². The predicted octanol–water partition coefficient (Wildman–Crippen LogP) is 2.80. The number of nitrogens with one attached hydrogen (secondary N) is 1. The number of benzene rings is 1. The molecule has 3 rings (SSSR count). The van der Waals surface area contributed by atoms with Gasteiger partial charge in [0.05, 0.1) is 12.6 Å². The second-order valence-corrected chi connectivity index (χ2v) is 7.68. The minimum Gasteiger partial charge on any atom is -0.348 e. The maximum Gasteiger partial charge on any atom is 0.234 e. The molecule has 1 amide bonds. The van der Waals surface area contributed by atoms with Gasteiger partial charge in [-0.3, -0.25) is 14.6 Å². The lowest BCUT2D eigenvalue weighted by Crippen LogP contribution is -2.40. The van der Waals surface area contributed by atoms with Gasteiger partial charge in [0.2, 0.25) is 5.91 Å². The van der Waals surface area contributed by atoms with Gasteiger partial charge in [0, 0.05) is 23.6 Å². The Kier molecular flexibility index (Phi) is 5.72. The smallest absolute Gasteiger partial charge is 0.234 e. The molecule has 4 nitrogen and oxygen atoms in total. The van der Waals surface area contributed by atoms with Crippen LogP contribution in [-0.4, -0.2) is 54.5 Å². The van der Waals surface area contributed by atoms with Gasteiger partial charge in [0.15, 0.2) is 0 Å². The number of hydrogen-bond donors (Lipinski definition) is 1. The van der Waals surface area contributed by atoms with Gasteiger partial charge < -0.3 is 5.32 Å². The van der Waals surface area contributed by atoms with Crippen molar-refractivity contribution in [3.8, 4) is 0 Å². The normalized spacial score (nSPS) is 24.0. The molecule has 0 aromatic heterocycles. The highest BCUT2D eigenvalue weighted by atomic mass is 79.9. The zero-order valence-corrected chi connectivity index (χ0v) is 15.4. The molecule has 0 aliphatic carbocycles. The van der Waals surface area contributed by atoms with Crippen molar-refractivity contribution in [3.05, 3.63) is 34.3 Å². The van der Waals surface area contributed by atoms with Crippen LogP contribution in [0, 0.1) is 0 Å². The van der Waals surface area contributed by atoms with Crippen LogP contribution in [0.1, 0.15) is 37.8 Å². The highest BCUT2D eigenvalue weighted by molar-refractivity contribution is 9.10. The monoisotopic (exact) mass is 379 g/mol. The highest BCUT2D eigenvalue weighted by Gasteiger charge is 2.30. The number of amides is 1. The van der Waals surface area contributed by atoms with Crippen LogP contribution in [0.5, 0.6) is 0 Å². The van der Waals surface area contributed by atoms with Gasteiger partial charge in [-0.25, -0.2) is 0 Å². The second kappa shape index (κ2) is 7.77. The van der Waals surface area contributed by atoms with Crippen molar-refractivity contribution in [1.29, 1.82) is 0 Å². The van der Waals surface area contributed by atoms with E-state index >= 15 is 0 Å². The van der Waals surface area contributed by atoms with E-state index in [1.54, 1.807) is 0 Å². The lowest BCUT2D eigenvalue weighted by atomic mass is 10.1. The summed E-state index contributed by atoms with van der Waals surface area (Å²) in [5, 5.41) is 3.12. The number of halogens is 1. The molecule has 1 aromatic carbocycles. The summed E-state index contributed by atoms with van der Waals surface area (Å²) >= 11 is 3.44. The van der Waals surface area contributed by atoms with Gasteiger partial charge >= 0.3 is 0 Å².